The van der Waals surface area contributed by atoms with Crippen molar-refractivity contribution in [3.8, 4) is 11.5 Å². The standard InChI is InChI=1S/C24H24N2O4S/c1-3-26-13-12-19-20(15-26)31-23(21(19)24(28)29-2)25-22(27)16-8-7-11-18(14-16)30-17-9-5-4-6-10-17/h4-11,14H,3,12-13,15H2,1-2H3,(H,25,27). The van der Waals surface area contributed by atoms with Crippen molar-refractivity contribution in [3.05, 3.63) is 76.2 Å². The Bertz CT molecular complexity index is 1090. The van der Waals surface area contributed by atoms with Gasteiger partial charge in [0.05, 0.1) is 12.7 Å². The van der Waals surface area contributed by atoms with Gasteiger partial charge in [0.15, 0.2) is 0 Å². The number of esters is 1. The van der Waals surface area contributed by atoms with E-state index in [0.29, 0.717) is 27.6 Å². The van der Waals surface area contributed by atoms with Crippen LogP contribution in [0.5, 0.6) is 11.5 Å². The molecule has 2 heterocycles. The molecule has 1 aromatic heterocycles. The number of nitrogens with zero attached hydrogens (tertiary/aromatic N) is 1. The number of rotatable bonds is 6. The topological polar surface area (TPSA) is 67.9 Å². The number of carbonyl (C=O) groups excluding carboxylic acids is 2. The summed E-state index contributed by atoms with van der Waals surface area (Å²) in [4.78, 5) is 28.9. The van der Waals surface area contributed by atoms with Gasteiger partial charge in [-0.1, -0.05) is 31.2 Å². The first-order valence-electron chi connectivity index (χ1n) is 10.2. The van der Waals surface area contributed by atoms with Gasteiger partial charge in [0.1, 0.15) is 16.5 Å². The van der Waals surface area contributed by atoms with Gasteiger partial charge in [-0.05, 0) is 48.9 Å². The Balaban J connectivity index is 1.58. The van der Waals surface area contributed by atoms with E-state index in [2.05, 4.69) is 17.1 Å². The van der Waals surface area contributed by atoms with E-state index in [0.717, 1.165) is 36.5 Å². The average molecular weight is 437 g/mol. The van der Waals surface area contributed by atoms with Crippen molar-refractivity contribution in [2.45, 2.75) is 19.9 Å². The van der Waals surface area contributed by atoms with Gasteiger partial charge < -0.3 is 14.8 Å². The summed E-state index contributed by atoms with van der Waals surface area (Å²) in [6.45, 7) is 4.72. The predicted octanol–water partition coefficient (Wildman–Crippen LogP) is 4.96. The number of hydrogen-bond donors (Lipinski definition) is 1. The molecule has 6 nitrogen and oxygen atoms in total. The van der Waals surface area contributed by atoms with Crippen LogP contribution in [0.25, 0.3) is 0 Å². The first-order chi connectivity index (χ1) is 15.1. The average Bonchev–Trinajstić information content (AvgIpc) is 3.16. The minimum atomic E-state index is -0.418. The summed E-state index contributed by atoms with van der Waals surface area (Å²) >= 11 is 1.45. The van der Waals surface area contributed by atoms with Crippen LogP contribution in [-0.4, -0.2) is 37.0 Å². The van der Waals surface area contributed by atoms with Gasteiger partial charge in [-0.2, -0.15) is 0 Å². The molecule has 4 rings (SSSR count). The molecule has 1 amide bonds. The van der Waals surface area contributed by atoms with Crippen LogP contribution in [0.3, 0.4) is 0 Å². The van der Waals surface area contributed by atoms with Gasteiger partial charge in [-0.25, -0.2) is 4.79 Å². The quantitative estimate of drug-likeness (QED) is 0.554. The predicted molar refractivity (Wildman–Crippen MR) is 121 cm³/mol. The number of para-hydroxylation sites is 1. The summed E-state index contributed by atoms with van der Waals surface area (Å²) in [5.74, 6) is 0.545. The van der Waals surface area contributed by atoms with Gasteiger partial charge >= 0.3 is 5.97 Å². The second kappa shape index (κ2) is 9.32. The molecule has 31 heavy (non-hydrogen) atoms. The molecule has 0 unspecified atom stereocenters. The molecule has 7 heteroatoms. The Kier molecular flexibility index (Phi) is 6.34. The summed E-state index contributed by atoms with van der Waals surface area (Å²) in [6.07, 6.45) is 0.764. The minimum absolute atomic E-state index is 0.297. The number of ether oxygens (including phenoxy) is 2. The second-order valence-electron chi connectivity index (χ2n) is 7.22. The second-order valence-corrected chi connectivity index (χ2v) is 8.32. The van der Waals surface area contributed by atoms with Crippen LogP contribution < -0.4 is 10.1 Å². The summed E-state index contributed by atoms with van der Waals surface area (Å²) in [5.41, 5.74) is 1.91. The molecule has 0 saturated heterocycles. The molecule has 0 spiro atoms. The largest absolute Gasteiger partial charge is 0.465 e. The van der Waals surface area contributed by atoms with Gasteiger partial charge in [0.2, 0.25) is 0 Å². The zero-order valence-electron chi connectivity index (χ0n) is 17.5. The van der Waals surface area contributed by atoms with E-state index in [1.54, 1.807) is 24.3 Å². The number of likely N-dealkylation sites (N-methyl/N-ethyl adjacent to an activating group) is 1. The fraction of sp³-hybridized carbons (Fsp3) is 0.250. The van der Waals surface area contributed by atoms with Crippen LogP contribution in [0.2, 0.25) is 0 Å². The highest BCUT2D eigenvalue weighted by molar-refractivity contribution is 7.17. The number of benzene rings is 2. The van der Waals surface area contributed by atoms with Crippen LogP contribution in [0.1, 0.15) is 38.1 Å². The molecule has 0 fully saturated rings. The van der Waals surface area contributed by atoms with Crippen molar-refractivity contribution in [2.24, 2.45) is 0 Å². The van der Waals surface area contributed by atoms with Crippen molar-refractivity contribution in [1.29, 1.82) is 0 Å². The highest BCUT2D eigenvalue weighted by Gasteiger charge is 2.29. The molecule has 0 bridgehead atoms. The number of anilines is 1. The third-order valence-electron chi connectivity index (χ3n) is 5.27. The number of thiophene rings is 1. The molecule has 0 saturated carbocycles. The van der Waals surface area contributed by atoms with E-state index in [1.807, 2.05) is 30.3 Å². The Hall–Kier alpha value is -3.16. The van der Waals surface area contributed by atoms with Crippen LogP contribution in [0, 0.1) is 0 Å². The molecular weight excluding hydrogens is 412 g/mol. The Morgan fingerprint density at radius 3 is 2.61 bits per heavy atom. The van der Waals surface area contributed by atoms with Crippen LogP contribution in [0.15, 0.2) is 54.6 Å². The lowest BCUT2D eigenvalue weighted by Crippen LogP contribution is -2.29. The normalized spacial score (nSPS) is 13.4. The maximum absolute atomic E-state index is 13.0. The molecule has 160 valence electrons. The highest BCUT2D eigenvalue weighted by atomic mass is 32.1. The summed E-state index contributed by atoms with van der Waals surface area (Å²) < 4.78 is 10.8. The van der Waals surface area contributed by atoms with E-state index in [4.69, 9.17) is 9.47 Å². The maximum Gasteiger partial charge on any atom is 0.341 e. The number of nitrogens with one attached hydrogen (secondary N) is 1. The molecular formula is C24H24N2O4S. The van der Waals surface area contributed by atoms with Gasteiger partial charge in [-0.15, -0.1) is 11.3 Å². The van der Waals surface area contributed by atoms with Crippen molar-refractivity contribution >= 4 is 28.2 Å². The van der Waals surface area contributed by atoms with E-state index in [-0.39, 0.29) is 5.91 Å². The third kappa shape index (κ3) is 4.62. The van der Waals surface area contributed by atoms with Crippen molar-refractivity contribution in [1.82, 2.24) is 4.90 Å². The van der Waals surface area contributed by atoms with Crippen LogP contribution in [0.4, 0.5) is 5.00 Å². The molecule has 1 aliphatic heterocycles. The molecule has 0 radical (unpaired) electrons. The maximum atomic E-state index is 13.0. The summed E-state index contributed by atoms with van der Waals surface area (Å²) in [5, 5.41) is 3.46. The van der Waals surface area contributed by atoms with Crippen molar-refractivity contribution < 1.29 is 19.1 Å². The zero-order valence-corrected chi connectivity index (χ0v) is 18.3. The molecule has 0 aliphatic carbocycles. The van der Waals surface area contributed by atoms with E-state index in [1.165, 1.54) is 18.4 Å². The molecule has 0 atom stereocenters. The minimum Gasteiger partial charge on any atom is -0.465 e. The molecule has 1 aliphatic rings. The Morgan fingerprint density at radius 1 is 1.10 bits per heavy atom. The summed E-state index contributed by atoms with van der Waals surface area (Å²) in [7, 11) is 1.36. The third-order valence-corrected chi connectivity index (χ3v) is 6.41. The van der Waals surface area contributed by atoms with E-state index >= 15 is 0 Å². The van der Waals surface area contributed by atoms with Gasteiger partial charge in [0, 0.05) is 23.5 Å². The SMILES string of the molecule is CCN1CCc2c(sc(NC(=O)c3cccc(Oc4ccccc4)c3)c2C(=O)OC)C1. The van der Waals surface area contributed by atoms with E-state index < -0.39 is 5.97 Å². The Morgan fingerprint density at radius 2 is 1.87 bits per heavy atom. The monoisotopic (exact) mass is 436 g/mol. The van der Waals surface area contributed by atoms with Gasteiger partial charge in [-0.3, -0.25) is 9.69 Å². The molecule has 2 aromatic carbocycles. The summed E-state index contributed by atoms with van der Waals surface area (Å²) in [6, 6.07) is 16.4. The highest BCUT2D eigenvalue weighted by Crippen LogP contribution is 2.38. The zero-order chi connectivity index (χ0) is 21.8. The fourth-order valence-electron chi connectivity index (χ4n) is 3.63. The van der Waals surface area contributed by atoms with Gasteiger partial charge in [0.25, 0.3) is 5.91 Å². The lowest BCUT2D eigenvalue weighted by molar-refractivity contribution is 0.0600. The van der Waals surface area contributed by atoms with Crippen LogP contribution >= 0.6 is 11.3 Å². The number of amides is 1. The first kappa shape index (κ1) is 21.1. The lowest BCUT2D eigenvalue weighted by Gasteiger charge is -2.25. The number of carbonyl (C=O) groups is 2. The van der Waals surface area contributed by atoms with Crippen molar-refractivity contribution in [3.63, 3.8) is 0 Å². The lowest BCUT2D eigenvalue weighted by atomic mass is 10.0. The number of methoxy groups -OCH3 is 1. The number of hydrogen-bond acceptors (Lipinski definition) is 6. The number of fused-ring (bicyclic) bond motifs is 1. The van der Waals surface area contributed by atoms with Crippen LogP contribution in [-0.2, 0) is 17.7 Å². The smallest absolute Gasteiger partial charge is 0.341 e. The fourth-order valence-corrected chi connectivity index (χ4v) is 4.91. The first-order valence-corrected chi connectivity index (χ1v) is 11.0. The van der Waals surface area contributed by atoms with E-state index in [9.17, 15) is 9.59 Å². The van der Waals surface area contributed by atoms with Crippen molar-refractivity contribution in [2.75, 3.05) is 25.5 Å². The molecule has 3 aromatic rings. The molecule has 1 N–H and O–H groups in total. The Labute approximate surface area is 185 Å².